The zero-order chi connectivity index (χ0) is 18.0. The number of aryl methyl sites for hydroxylation is 1. The maximum absolute atomic E-state index is 12.4. The third-order valence-electron chi connectivity index (χ3n) is 3.70. The average molecular weight is 361 g/mol. The minimum atomic E-state index is -3.69. The Kier molecular flexibility index (Phi) is 4.64. The highest BCUT2D eigenvalue weighted by Gasteiger charge is 2.19. The first-order valence-corrected chi connectivity index (χ1v) is 9.17. The van der Waals surface area contributed by atoms with Gasteiger partial charge in [-0.05, 0) is 19.9 Å². The van der Waals surface area contributed by atoms with Gasteiger partial charge in [-0.1, -0.05) is 0 Å². The molecule has 25 heavy (non-hydrogen) atoms. The molecule has 0 aliphatic heterocycles. The second kappa shape index (κ2) is 6.73. The van der Waals surface area contributed by atoms with Crippen molar-refractivity contribution in [2.45, 2.75) is 31.5 Å². The largest absolute Gasteiger partial charge is 0.334 e. The van der Waals surface area contributed by atoms with Crippen molar-refractivity contribution in [3.8, 4) is 11.4 Å². The molecule has 10 heteroatoms. The molecule has 0 aliphatic carbocycles. The standard InChI is InChI=1S/C15H19N7O2S/c1-11(2)22-9-15(18-10-22)25(23,24)19-7-12-6-13(20-21(12)3)14-8-16-4-5-17-14/h4-6,8-11,19H,7H2,1-3H3. The molecule has 0 atom stereocenters. The summed E-state index contributed by atoms with van der Waals surface area (Å²) < 4.78 is 30.7. The van der Waals surface area contributed by atoms with Crippen LogP contribution >= 0.6 is 0 Å². The summed E-state index contributed by atoms with van der Waals surface area (Å²) in [5.74, 6) is 0. The normalized spacial score (nSPS) is 12.0. The van der Waals surface area contributed by atoms with Gasteiger partial charge in [-0.2, -0.15) is 5.10 Å². The Morgan fingerprint density at radius 3 is 2.64 bits per heavy atom. The molecule has 0 amide bonds. The Bertz CT molecular complexity index is 961. The molecule has 1 N–H and O–H groups in total. The van der Waals surface area contributed by atoms with E-state index in [9.17, 15) is 8.42 Å². The van der Waals surface area contributed by atoms with Crippen LogP contribution in [0.15, 0.2) is 42.2 Å². The zero-order valence-electron chi connectivity index (χ0n) is 14.2. The predicted octanol–water partition coefficient (Wildman–Crippen LogP) is 1.13. The maximum atomic E-state index is 12.4. The number of hydrogen-bond donors (Lipinski definition) is 1. The first kappa shape index (κ1) is 17.2. The van der Waals surface area contributed by atoms with E-state index >= 15 is 0 Å². The molecule has 0 saturated carbocycles. The number of nitrogens with one attached hydrogen (secondary N) is 1. The van der Waals surface area contributed by atoms with Gasteiger partial charge in [-0.25, -0.2) is 18.1 Å². The van der Waals surface area contributed by atoms with Crippen LogP contribution in [-0.2, 0) is 23.6 Å². The molecule has 0 radical (unpaired) electrons. The van der Waals surface area contributed by atoms with Crippen LogP contribution in [-0.4, -0.2) is 37.7 Å². The molecule has 3 heterocycles. The lowest BCUT2D eigenvalue weighted by atomic mass is 10.3. The van der Waals surface area contributed by atoms with Crippen molar-refractivity contribution in [3.63, 3.8) is 0 Å². The average Bonchev–Trinajstić information content (AvgIpc) is 3.21. The van der Waals surface area contributed by atoms with Crippen LogP contribution in [0.25, 0.3) is 11.4 Å². The monoisotopic (exact) mass is 361 g/mol. The third kappa shape index (κ3) is 3.74. The number of sulfonamides is 1. The smallest absolute Gasteiger partial charge is 0.259 e. The van der Waals surface area contributed by atoms with Gasteiger partial charge < -0.3 is 4.57 Å². The van der Waals surface area contributed by atoms with Gasteiger partial charge in [0.2, 0.25) is 0 Å². The molecule has 0 fully saturated rings. The number of rotatable bonds is 6. The van der Waals surface area contributed by atoms with Crippen LogP contribution < -0.4 is 4.72 Å². The lowest BCUT2D eigenvalue weighted by Gasteiger charge is -2.05. The van der Waals surface area contributed by atoms with Gasteiger partial charge in [0.05, 0.1) is 24.8 Å². The SMILES string of the molecule is CC(C)n1cnc(S(=O)(=O)NCc2cc(-c3cnccn3)nn2C)c1. The van der Waals surface area contributed by atoms with E-state index in [1.165, 1.54) is 12.5 Å². The fourth-order valence-corrected chi connectivity index (χ4v) is 3.14. The van der Waals surface area contributed by atoms with Gasteiger partial charge >= 0.3 is 0 Å². The van der Waals surface area contributed by atoms with Gasteiger partial charge in [0.1, 0.15) is 11.4 Å². The fraction of sp³-hybridized carbons (Fsp3) is 0.333. The van der Waals surface area contributed by atoms with Crippen LogP contribution in [0.1, 0.15) is 25.6 Å². The Hall–Kier alpha value is -2.59. The second-order valence-electron chi connectivity index (χ2n) is 5.81. The summed E-state index contributed by atoms with van der Waals surface area (Å²) in [7, 11) is -1.95. The summed E-state index contributed by atoms with van der Waals surface area (Å²) in [6.07, 6.45) is 7.79. The van der Waals surface area contributed by atoms with E-state index in [-0.39, 0.29) is 17.6 Å². The first-order valence-electron chi connectivity index (χ1n) is 7.69. The van der Waals surface area contributed by atoms with Crippen LogP contribution in [0.4, 0.5) is 0 Å². The van der Waals surface area contributed by atoms with E-state index in [2.05, 4.69) is 24.8 Å². The Morgan fingerprint density at radius 1 is 1.20 bits per heavy atom. The topological polar surface area (TPSA) is 108 Å². The third-order valence-corrected chi connectivity index (χ3v) is 4.98. The van der Waals surface area contributed by atoms with Gasteiger partial charge in [0.15, 0.2) is 5.03 Å². The van der Waals surface area contributed by atoms with E-state index < -0.39 is 10.0 Å². The molecule has 9 nitrogen and oxygen atoms in total. The molecule has 0 aliphatic rings. The second-order valence-corrected chi connectivity index (χ2v) is 7.53. The molecule has 0 bridgehead atoms. The molecule has 3 aromatic rings. The predicted molar refractivity (Wildman–Crippen MR) is 90.9 cm³/mol. The van der Waals surface area contributed by atoms with Crippen molar-refractivity contribution in [3.05, 3.63) is 42.9 Å². The van der Waals surface area contributed by atoms with Gasteiger partial charge in [0, 0.05) is 31.7 Å². The molecule has 3 aromatic heterocycles. The summed E-state index contributed by atoms with van der Waals surface area (Å²) in [5, 5.41) is 4.34. The Labute approximate surface area is 145 Å². The highest BCUT2D eigenvalue weighted by molar-refractivity contribution is 7.89. The lowest BCUT2D eigenvalue weighted by molar-refractivity contribution is 0.572. The van der Waals surface area contributed by atoms with Crippen molar-refractivity contribution in [2.24, 2.45) is 7.05 Å². The number of imidazole rings is 1. The van der Waals surface area contributed by atoms with E-state index in [4.69, 9.17) is 0 Å². The summed E-state index contributed by atoms with van der Waals surface area (Å²) in [4.78, 5) is 12.2. The highest BCUT2D eigenvalue weighted by atomic mass is 32.2. The molecule has 0 aromatic carbocycles. The molecular weight excluding hydrogens is 342 g/mol. The molecule has 0 unspecified atom stereocenters. The van der Waals surface area contributed by atoms with Crippen molar-refractivity contribution < 1.29 is 8.42 Å². The van der Waals surface area contributed by atoms with E-state index in [0.717, 1.165) is 0 Å². The summed E-state index contributed by atoms with van der Waals surface area (Å²) >= 11 is 0. The van der Waals surface area contributed by atoms with Crippen LogP contribution in [0.3, 0.4) is 0 Å². The van der Waals surface area contributed by atoms with Gasteiger partial charge in [0.25, 0.3) is 10.0 Å². The molecular formula is C15H19N7O2S. The minimum Gasteiger partial charge on any atom is -0.334 e. The molecule has 0 spiro atoms. The number of aromatic nitrogens is 6. The van der Waals surface area contributed by atoms with Crippen LogP contribution in [0.2, 0.25) is 0 Å². The van der Waals surface area contributed by atoms with Gasteiger partial charge in [-0.15, -0.1) is 0 Å². The summed E-state index contributed by atoms with van der Waals surface area (Å²) in [6, 6.07) is 1.92. The number of nitrogens with zero attached hydrogens (tertiary/aromatic N) is 6. The summed E-state index contributed by atoms with van der Waals surface area (Å²) in [5.41, 5.74) is 1.96. The van der Waals surface area contributed by atoms with E-state index in [1.807, 2.05) is 13.8 Å². The van der Waals surface area contributed by atoms with Crippen LogP contribution in [0.5, 0.6) is 0 Å². The molecule has 132 valence electrons. The molecule has 3 rings (SSSR count). The summed E-state index contributed by atoms with van der Waals surface area (Å²) in [6.45, 7) is 4.00. The molecule has 0 saturated heterocycles. The zero-order valence-corrected chi connectivity index (χ0v) is 15.0. The maximum Gasteiger partial charge on any atom is 0.259 e. The first-order chi connectivity index (χ1) is 11.9. The Morgan fingerprint density at radius 2 is 2.00 bits per heavy atom. The van der Waals surface area contributed by atoms with E-state index in [0.29, 0.717) is 17.1 Å². The van der Waals surface area contributed by atoms with Crippen molar-refractivity contribution in [1.29, 1.82) is 0 Å². The Balaban J connectivity index is 1.75. The number of hydrogen-bond acceptors (Lipinski definition) is 6. The fourth-order valence-electron chi connectivity index (χ4n) is 2.21. The van der Waals surface area contributed by atoms with Crippen LogP contribution in [0, 0.1) is 0 Å². The van der Waals surface area contributed by atoms with E-state index in [1.54, 1.807) is 41.0 Å². The van der Waals surface area contributed by atoms with Crippen molar-refractivity contribution in [1.82, 2.24) is 34.0 Å². The quantitative estimate of drug-likeness (QED) is 0.705. The van der Waals surface area contributed by atoms with Crippen molar-refractivity contribution in [2.75, 3.05) is 0 Å². The lowest BCUT2D eigenvalue weighted by Crippen LogP contribution is -2.24. The minimum absolute atomic E-state index is 0.00230. The van der Waals surface area contributed by atoms with Crippen molar-refractivity contribution >= 4 is 10.0 Å². The highest BCUT2D eigenvalue weighted by Crippen LogP contribution is 2.16. The van der Waals surface area contributed by atoms with Gasteiger partial charge in [-0.3, -0.25) is 14.6 Å².